The quantitative estimate of drug-likeness (QED) is 0.346. The molecule has 2 aromatic heterocycles. The number of fused-ring (bicyclic) bond motifs is 2. The highest BCUT2D eigenvalue weighted by Crippen LogP contribution is 2.25. The van der Waals surface area contributed by atoms with Crippen molar-refractivity contribution in [2.45, 2.75) is 19.9 Å². The molecule has 0 saturated heterocycles. The van der Waals surface area contributed by atoms with Gasteiger partial charge in [0.15, 0.2) is 0 Å². The lowest BCUT2D eigenvalue weighted by molar-refractivity contribution is -0.384. The summed E-state index contributed by atoms with van der Waals surface area (Å²) in [4.78, 5) is 48.0. The van der Waals surface area contributed by atoms with Gasteiger partial charge in [-0.15, -0.1) is 0 Å². The molecule has 2 N–H and O–H groups in total. The molecule has 0 bridgehead atoms. The van der Waals surface area contributed by atoms with Crippen molar-refractivity contribution in [3.05, 3.63) is 79.5 Å². The van der Waals surface area contributed by atoms with Gasteiger partial charge < -0.3 is 14.9 Å². The molecule has 31 heavy (non-hydrogen) atoms. The van der Waals surface area contributed by atoms with Crippen LogP contribution in [-0.4, -0.2) is 37.2 Å². The average molecular weight is 440 g/mol. The topological polar surface area (TPSA) is 125 Å². The molecule has 0 aliphatic rings. The largest absolute Gasteiger partial charge is 0.360 e. The van der Waals surface area contributed by atoms with Crippen molar-refractivity contribution in [3.63, 3.8) is 0 Å². The Morgan fingerprint density at radius 3 is 2.77 bits per heavy atom. The van der Waals surface area contributed by atoms with E-state index >= 15 is 0 Å². The molecule has 0 aliphatic heterocycles. The molecule has 0 atom stereocenters. The molecule has 1 amide bonds. The van der Waals surface area contributed by atoms with Crippen molar-refractivity contribution < 1.29 is 9.72 Å². The molecular formula is C21H18ClN5O4. The van der Waals surface area contributed by atoms with Crippen molar-refractivity contribution >= 4 is 45.0 Å². The number of nitrogens with zero attached hydrogens (tertiary/aromatic N) is 3. The highest BCUT2D eigenvalue weighted by molar-refractivity contribution is 6.31. The Morgan fingerprint density at radius 2 is 2.03 bits per heavy atom. The second-order valence-electron chi connectivity index (χ2n) is 7.09. The van der Waals surface area contributed by atoms with Gasteiger partial charge in [-0.25, -0.2) is 4.98 Å². The van der Waals surface area contributed by atoms with Gasteiger partial charge in [0.25, 0.3) is 17.2 Å². The van der Waals surface area contributed by atoms with Gasteiger partial charge in [0.2, 0.25) is 0 Å². The molecule has 0 spiro atoms. The third kappa shape index (κ3) is 3.99. The molecule has 4 rings (SSSR count). The van der Waals surface area contributed by atoms with Gasteiger partial charge in [0, 0.05) is 40.8 Å². The second-order valence-corrected chi connectivity index (χ2v) is 7.53. The summed E-state index contributed by atoms with van der Waals surface area (Å²) in [5.41, 5.74) is 0.970. The van der Waals surface area contributed by atoms with Gasteiger partial charge in [-0.1, -0.05) is 18.5 Å². The van der Waals surface area contributed by atoms with Gasteiger partial charge in [-0.3, -0.25) is 19.7 Å². The SMILES string of the molecule is CCCN(Cc1nc2cc(Cl)ccc2c(=O)[nH]1)C(=O)c1c[nH]c2ccc([N+](=O)[O-])cc12. The minimum atomic E-state index is -0.501. The average Bonchev–Trinajstić information content (AvgIpc) is 3.15. The predicted octanol–water partition coefficient (Wildman–Crippen LogP) is 4.02. The van der Waals surface area contributed by atoms with Gasteiger partial charge in [0.05, 0.1) is 27.9 Å². The van der Waals surface area contributed by atoms with E-state index < -0.39 is 4.92 Å². The number of aromatic nitrogens is 3. The van der Waals surface area contributed by atoms with Gasteiger partial charge in [0.1, 0.15) is 5.82 Å². The normalized spacial score (nSPS) is 11.2. The molecule has 0 unspecified atom stereocenters. The number of hydrogen-bond donors (Lipinski definition) is 2. The van der Waals surface area contributed by atoms with E-state index in [4.69, 9.17) is 11.6 Å². The Hall–Kier alpha value is -3.72. The number of carbonyl (C=O) groups excluding carboxylic acids is 1. The van der Waals surface area contributed by atoms with Crippen LogP contribution < -0.4 is 5.56 Å². The number of non-ortho nitro benzene ring substituents is 1. The fourth-order valence-corrected chi connectivity index (χ4v) is 3.67. The Kier molecular flexibility index (Phi) is 5.43. The van der Waals surface area contributed by atoms with Crippen LogP contribution in [0.3, 0.4) is 0 Å². The van der Waals surface area contributed by atoms with Crippen LogP contribution in [0.2, 0.25) is 5.02 Å². The first kappa shape index (κ1) is 20.5. The molecule has 9 nitrogen and oxygen atoms in total. The summed E-state index contributed by atoms with van der Waals surface area (Å²) in [6.07, 6.45) is 2.22. The number of aromatic amines is 2. The molecule has 0 fully saturated rings. The first-order valence-corrected chi connectivity index (χ1v) is 9.98. The fraction of sp³-hybridized carbons (Fsp3) is 0.190. The number of halogens is 1. The predicted molar refractivity (Wildman–Crippen MR) is 117 cm³/mol. The second kappa shape index (κ2) is 8.19. The molecule has 0 saturated carbocycles. The van der Waals surface area contributed by atoms with Crippen molar-refractivity contribution in [1.82, 2.24) is 19.9 Å². The van der Waals surface area contributed by atoms with Crippen LogP contribution in [0, 0.1) is 10.1 Å². The highest BCUT2D eigenvalue weighted by atomic mass is 35.5. The molecule has 2 aromatic carbocycles. The van der Waals surface area contributed by atoms with Crippen molar-refractivity contribution in [2.24, 2.45) is 0 Å². The summed E-state index contributed by atoms with van der Waals surface area (Å²) >= 11 is 6.02. The Morgan fingerprint density at radius 1 is 1.23 bits per heavy atom. The van der Waals surface area contributed by atoms with E-state index in [0.717, 1.165) is 0 Å². The lowest BCUT2D eigenvalue weighted by Gasteiger charge is -2.21. The number of nitrogens with one attached hydrogen (secondary N) is 2. The van der Waals surface area contributed by atoms with E-state index in [0.29, 0.717) is 51.2 Å². The van der Waals surface area contributed by atoms with Crippen molar-refractivity contribution in [1.29, 1.82) is 0 Å². The van der Waals surface area contributed by atoms with Crippen LogP contribution in [-0.2, 0) is 6.54 Å². The van der Waals surface area contributed by atoms with E-state index in [-0.39, 0.29) is 23.7 Å². The van der Waals surface area contributed by atoms with Crippen LogP contribution >= 0.6 is 11.6 Å². The number of amides is 1. The number of H-pyrrole nitrogens is 2. The van der Waals surface area contributed by atoms with E-state index in [1.807, 2.05) is 6.92 Å². The summed E-state index contributed by atoms with van der Waals surface area (Å²) < 4.78 is 0. The van der Waals surface area contributed by atoms with Gasteiger partial charge >= 0.3 is 0 Å². The van der Waals surface area contributed by atoms with Crippen LogP contribution in [0.5, 0.6) is 0 Å². The molecular weight excluding hydrogens is 422 g/mol. The lowest BCUT2D eigenvalue weighted by Crippen LogP contribution is -2.32. The summed E-state index contributed by atoms with van der Waals surface area (Å²) in [5, 5.41) is 12.5. The zero-order valence-corrected chi connectivity index (χ0v) is 17.3. The van der Waals surface area contributed by atoms with E-state index in [9.17, 15) is 19.7 Å². The first-order valence-electron chi connectivity index (χ1n) is 9.60. The standard InChI is InChI=1S/C21H18ClN5O4/c1-2-7-26(11-19-24-18-8-12(22)3-5-14(18)20(28)25-19)21(29)16-10-23-17-6-4-13(27(30)31)9-15(16)17/h3-6,8-10,23H,2,7,11H2,1H3,(H,24,25,28). The molecule has 0 radical (unpaired) electrons. The maximum Gasteiger partial charge on any atom is 0.270 e. The summed E-state index contributed by atoms with van der Waals surface area (Å²) in [5.74, 6) is 0.00910. The lowest BCUT2D eigenvalue weighted by atomic mass is 10.1. The monoisotopic (exact) mass is 439 g/mol. The maximum absolute atomic E-state index is 13.3. The summed E-state index contributed by atoms with van der Waals surface area (Å²) in [6, 6.07) is 9.14. The number of nitro benzene ring substituents is 1. The van der Waals surface area contributed by atoms with Crippen molar-refractivity contribution in [2.75, 3.05) is 6.54 Å². The van der Waals surface area contributed by atoms with E-state index in [2.05, 4.69) is 15.0 Å². The zero-order chi connectivity index (χ0) is 22.1. The number of hydrogen-bond acceptors (Lipinski definition) is 5. The van der Waals surface area contributed by atoms with Crippen LogP contribution in [0.25, 0.3) is 21.8 Å². The Labute approximate surface area is 180 Å². The number of benzene rings is 2. The summed E-state index contributed by atoms with van der Waals surface area (Å²) in [6.45, 7) is 2.42. The Balaban J connectivity index is 1.71. The fourth-order valence-electron chi connectivity index (χ4n) is 3.51. The Bertz CT molecular complexity index is 1380. The molecule has 158 valence electrons. The summed E-state index contributed by atoms with van der Waals surface area (Å²) in [7, 11) is 0. The van der Waals surface area contributed by atoms with Gasteiger partial charge in [-0.2, -0.15) is 0 Å². The maximum atomic E-state index is 13.3. The van der Waals surface area contributed by atoms with E-state index in [1.54, 1.807) is 29.2 Å². The minimum absolute atomic E-state index is 0.0754. The van der Waals surface area contributed by atoms with Crippen LogP contribution in [0.4, 0.5) is 5.69 Å². The number of rotatable bonds is 6. The van der Waals surface area contributed by atoms with E-state index in [1.165, 1.54) is 18.3 Å². The van der Waals surface area contributed by atoms with Crippen LogP contribution in [0.15, 0.2) is 47.4 Å². The first-order chi connectivity index (χ1) is 14.9. The number of nitro groups is 1. The van der Waals surface area contributed by atoms with Crippen LogP contribution in [0.1, 0.15) is 29.5 Å². The minimum Gasteiger partial charge on any atom is -0.360 e. The zero-order valence-electron chi connectivity index (χ0n) is 16.5. The highest BCUT2D eigenvalue weighted by Gasteiger charge is 2.21. The molecule has 0 aliphatic carbocycles. The number of carbonyl (C=O) groups is 1. The third-order valence-electron chi connectivity index (χ3n) is 4.95. The third-order valence-corrected chi connectivity index (χ3v) is 5.18. The molecule has 2 heterocycles. The molecule has 4 aromatic rings. The van der Waals surface area contributed by atoms with Crippen molar-refractivity contribution in [3.8, 4) is 0 Å². The van der Waals surface area contributed by atoms with Gasteiger partial charge in [-0.05, 0) is 30.7 Å². The molecule has 10 heteroatoms. The smallest absolute Gasteiger partial charge is 0.270 e.